The highest BCUT2D eigenvalue weighted by atomic mass is 79.9. The lowest BCUT2D eigenvalue weighted by molar-refractivity contribution is -0.384. The van der Waals surface area contributed by atoms with Gasteiger partial charge in [-0.2, -0.15) is 5.10 Å². The van der Waals surface area contributed by atoms with Crippen molar-refractivity contribution in [1.82, 2.24) is 10.2 Å². The normalized spacial score (nSPS) is 11.2. The van der Waals surface area contributed by atoms with Crippen molar-refractivity contribution >= 4 is 49.9 Å². The molecule has 0 fully saturated rings. The van der Waals surface area contributed by atoms with E-state index < -0.39 is 4.92 Å². The van der Waals surface area contributed by atoms with Crippen LogP contribution in [-0.2, 0) is 0 Å². The minimum atomic E-state index is -0.494. The van der Waals surface area contributed by atoms with E-state index >= 15 is 0 Å². The van der Waals surface area contributed by atoms with Crippen LogP contribution in [0.1, 0.15) is 10.4 Å². The maximum absolute atomic E-state index is 13.1. The summed E-state index contributed by atoms with van der Waals surface area (Å²) in [4.78, 5) is 23.4. The van der Waals surface area contributed by atoms with Gasteiger partial charge in [-0.05, 0) is 48.2 Å². The van der Waals surface area contributed by atoms with Crippen LogP contribution in [0.25, 0.3) is 11.5 Å². The second-order valence-corrected chi connectivity index (χ2v) is 8.37. The van der Waals surface area contributed by atoms with E-state index in [1.807, 2.05) is 24.3 Å². The molecule has 0 aliphatic rings. The molecule has 0 aliphatic heterocycles. The lowest BCUT2D eigenvalue weighted by atomic mass is 10.1. The molecule has 0 aliphatic carbocycles. The van der Waals surface area contributed by atoms with Gasteiger partial charge in [0.2, 0.25) is 11.7 Å². The van der Waals surface area contributed by atoms with Crippen molar-refractivity contribution in [3.8, 4) is 11.5 Å². The Morgan fingerprint density at radius 3 is 2.36 bits per heavy atom. The van der Waals surface area contributed by atoms with Crippen molar-refractivity contribution in [2.24, 2.45) is 5.10 Å². The molecule has 0 atom stereocenters. The van der Waals surface area contributed by atoms with Crippen molar-refractivity contribution in [3.05, 3.63) is 99.0 Å². The molecule has 1 aromatic heterocycles. The molecule has 0 radical (unpaired) electrons. The number of hydrogen-bond donors (Lipinski definition) is 1. The van der Waals surface area contributed by atoms with Gasteiger partial charge in [-0.15, -0.1) is 10.2 Å². The number of thioether (sulfide) groups is 1. The number of nitrogens with zero attached hydrogens (tertiary/aromatic N) is 4. The smallest absolute Gasteiger partial charge is 0.283 e. The molecule has 4 aromatic rings. The van der Waals surface area contributed by atoms with Gasteiger partial charge in [0, 0.05) is 27.7 Å². The number of hydrazone groups is 1. The predicted octanol–water partition coefficient (Wildman–Crippen LogP) is 5.81. The molecule has 1 heterocycles. The minimum absolute atomic E-state index is 0.0502. The molecule has 0 unspecified atom stereocenters. The maximum atomic E-state index is 13.1. The Kier molecular flexibility index (Phi) is 6.91. The fourth-order valence-electron chi connectivity index (χ4n) is 2.65. The number of nitro benzene ring substituents is 1. The molecule has 0 spiro atoms. The van der Waals surface area contributed by atoms with Gasteiger partial charge in [-0.3, -0.25) is 20.3 Å². The number of benzene rings is 3. The number of halogens is 1. The molecule has 3 aromatic carbocycles. The maximum Gasteiger partial charge on any atom is 0.283 e. The number of anilines is 1. The third-order valence-corrected chi connectivity index (χ3v) is 5.61. The van der Waals surface area contributed by atoms with Gasteiger partial charge in [-0.25, -0.2) is 0 Å². The van der Waals surface area contributed by atoms with Crippen molar-refractivity contribution < 1.29 is 14.1 Å². The predicted molar refractivity (Wildman–Crippen MR) is 128 cm³/mol. The summed E-state index contributed by atoms with van der Waals surface area (Å²) in [6.45, 7) is 0. The molecular weight excluding hydrogens is 510 g/mol. The highest BCUT2D eigenvalue weighted by Gasteiger charge is 2.20. The van der Waals surface area contributed by atoms with E-state index in [9.17, 15) is 14.9 Å². The average Bonchev–Trinajstić information content (AvgIpc) is 3.31. The van der Waals surface area contributed by atoms with Crippen LogP contribution in [0.4, 0.5) is 11.4 Å². The standard InChI is InChI=1S/C22H14BrN5O4S/c23-16-8-6-15(7-9-16)20-25-27-22(32-20)33-21(19(29)14-4-2-1-3-5-14)26-24-17-10-12-18(13-11-17)28(30)31/h1-13,24H/b26-21-. The lowest BCUT2D eigenvalue weighted by Crippen LogP contribution is -2.13. The van der Waals surface area contributed by atoms with Crippen molar-refractivity contribution in [2.45, 2.75) is 5.22 Å². The highest BCUT2D eigenvalue weighted by molar-refractivity contribution is 9.10. The van der Waals surface area contributed by atoms with E-state index in [1.165, 1.54) is 24.3 Å². The van der Waals surface area contributed by atoms with E-state index in [2.05, 4.69) is 36.7 Å². The first-order chi connectivity index (χ1) is 16.0. The molecule has 0 amide bonds. The number of nitro groups is 1. The number of Topliss-reactive ketones (excluding diaryl/α,β-unsaturated/α-hetero) is 1. The summed E-state index contributed by atoms with van der Waals surface area (Å²) in [5, 5.41) is 23.3. The number of non-ortho nitro benzene ring substituents is 1. The summed E-state index contributed by atoms with van der Waals surface area (Å²) < 4.78 is 6.63. The molecule has 9 nitrogen and oxygen atoms in total. The summed E-state index contributed by atoms with van der Waals surface area (Å²) in [6.07, 6.45) is 0. The van der Waals surface area contributed by atoms with Gasteiger partial charge in [0.05, 0.1) is 10.6 Å². The molecule has 0 saturated carbocycles. The minimum Gasteiger partial charge on any atom is -0.411 e. The third kappa shape index (κ3) is 5.70. The topological polar surface area (TPSA) is 124 Å². The number of ketones is 1. The number of carbonyl (C=O) groups excluding carboxylic acids is 1. The third-order valence-electron chi connectivity index (χ3n) is 4.28. The lowest BCUT2D eigenvalue weighted by Gasteiger charge is -2.05. The highest BCUT2D eigenvalue weighted by Crippen LogP contribution is 2.26. The van der Waals surface area contributed by atoms with Crippen LogP contribution in [0.3, 0.4) is 0 Å². The summed E-state index contributed by atoms with van der Waals surface area (Å²) >= 11 is 4.30. The summed E-state index contributed by atoms with van der Waals surface area (Å²) in [5.74, 6) is -0.0433. The summed E-state index contributed by atoms with van der Waals surface area (Å²) in [7, 11) is 0. The van der Waals surface area contributed by atoms with Crippen LogP contribution in [0.15, 0.2) is 98.1 Å². The molecule has 1 N–H and O–H groups in total. The molecule has 0 saturated heterocycles. The van der Waals surface area contributed by atoms with Crippen molar-refractivity contribution in [2.75, 3.05) is 5.43 Å². The van der Waals surface area contributed by atoms with E-state index in [4.69, 9.17) is 4.42 Å². The number of carbonyl (C=O) groups is 1. The van der Waals surface area contributed by atoms with E-state index in [-0.39, 0.29) is 21.7 Å². The van der Waals surface area contributed by atoms with E-state index in [1.54, 1.807) is 30.3 Å². The summed E-state index contributed by atoms with van der Waals surface area (Å²) in [5.41, 5.74) is 4.34. The first kappa shape index (κ1) is 22.4. The molecule has 4 rings (SSSR count). The SMILES string of the molecule is O=C(/C(=N/Nc1ccc([N+](=O)[O-])cc1)Sc1nnc(-c2ccc(Br)cc2)o1)c1ccccc1. The number of hydrogen-bond acceptors (Lipinski definition) is 9. The Bertz CT molecular complexity index is 1310. The van der Waals surface area contributed by atoms with Crippen LogP contribution in [-0.4, -0.2) is 25.9 Å². The first-order valence-corrected chi connectivity index (χ1v) is 11.1. The second-order valence-electron chi connectivity index (χ2n) is 6.51. The van der Waals surface area contributed by atoms with Crippen LogP contribution in [0, 0.1) is 10.1 Å². The zero-order valence-corrected chi connectivity index (χ0v) is 19.1. The van der Waals surface area contributed by atoms with Gasteiger partial charge >= 0.3 is 0 Å². The van der Waals surface area contributed by atoms with Crippen LogP contribution in [0.2, 0.25) is 0 Å². The molecule has 0 bridgehead atoms. The second kappa shape index (κ2) is 10.2. The van der Waals surface area contributed by atoms with Gasteiger partial charge in [0.1, 0.15) is 0 Å². The Morgan fingerprint density at radius 2 is 1.70 bits per heavy atom. The van der Waals surface area contributed by atoms with E-state index in [0.717, 1.165) is 21.8 Å². The van der Waals surface area contributed by atoms with E-state index in [0.29, 0.717) is 17.1 Å². The molecular formula is C22H14BrN5O4S. The zero-order valence-electron chi connectivity index (χ0n) is 16.7. The Hall–Kier alpha value is -3.83. The fourth-order valence-corrected chi connectivity index (χ4v) is 3.58. The molecule has 164 valence electrons. The number of aromatic nitrogens is 2. The Labute approximate surface area is 200 Å². The van der Waals surface area contributed by atoms with Gasteiger partial charge in [0.15, 0.2) is 5.04 Å². The van der Waals surface area contributed by atoms with Crippen LogP contribution < -0.4 is 5.43 Å². The van der Waals surface area contributed by atoms with Crippen molar-refractivity contribution in [1.29, 1.82) is 0 Å². The number of nitrogens with one attached hydrogen (secondary N) is 1. The van der Waals surface area contributed by atoms with Crippen LogP contribution >= 0.6 is 27.7 Å². The largest absolute Gasteiger partial charge is 0.411 e. The quantitative estimate of drug-likeness (QED) is 0.0803. The monoisotopic (exact) mass is 523 g/mol. The van der Waals surface area contributed by atoms with Gasteiger partial charge < -0.3 is 4.42 Å². The summed E-state index contributed by atoms with van der Waals surface area (Å²) in [6, 6.07) is 21.7. The fraction of sp³-hybridized carbons (Fsp3) is 0. The Balaban J connectivity index is 1.59. The first-order valence-electron chi connectivity index (χ1n) is 9.45. The van der Waals surface area contributed by atoms with Crippen molar-refractivity contribution in [3.63, 3.8) is 0 Å². The number of rotatable bonds is 7. The van der Waals surface area contributed by atoms with Gasteiger partial charge in [-0.1, -0.05) is 46.3 Å². The average molecular weight is 524 g/mol. The Morgan fingerprint density at radius 1 is 1.00 bits per heavy atom. The van der Waals surface area contributed by atoms with Crippen LogP contribution in [0.5, 0.6) is 0 Å². The van der Waals surface area contributed by atoms with Gasteiger partial charge in [0.25, 0.3) is 10.9 Å². The molecule has 11 heteroatoms. The molecule has 33 heavy (non-hydrogen) atoms. The zero-order chi connectivity index (χ0) is 23.2.